The molecule has 5 nitrogen and oxygen atoms in total. The molecule has 0 unspecified atom stereocenters. The first-order valence-electron chi connectivity index (χ1n) is 4.82. The average Bonchev–Trinajstić information content (AvgIpc) is 2.74. The van der Waals surface area contributed by atoms with Crippen LogP contribution in [0.25, 0.3) is 0 Å². The van der Waals surface area contributed by atoms with Gasteiger partial charge in [0.15, 0.2) is 0 Å². The van der Waals surface area contributed by atoms with E-state index in [0.717, 1.165) is 0 Å². The third-order valence-electron chi connectivity index (χ3n) is 2.07. The predicted molar refractivity (Wildman–Crippen MR) is 62.6 cm³/mol. The molecule has 6 heteroatoms. The molecule has 3 N–H and O–H groups in total. The van der Waals surface area contributed by atoms with Crippen LogP contribution in [-0.4, -0.2) is 25.0 Å². The summed E-state index contributed by atoms with van der Waals surface area (Å²) < 4.78 is 4.59. The van der Waals surface area contributed by atoms with Crippen molar-refractivity contribution in [1.29, 1.82) is 0 Å². The topological polar surface area (TPSA) is 81.4 Å². The quantitative estimate of drug-likeness (QED) is 0.777. The Labute approximate surface area is 97.6 Å². The number of hydrogen-bond acceptors (Lipinski definition) is 5. The summed E-state index contributed by atoms with van der Waals surface area (Å²) in [5, 5.41) is 4.31. The van der Waals surface area contributed by atoms with Crippen molar-refractivity contribution in [3.05, 3.63) is 16.3 Å². The van der Waals surface area contributed by atoms with E-state index in [2.05, 4.69) is 10.1 Å². The number of methoxy groups -OCH3 is 1. The van der Waals surface area contributed by atoms with Crippen LogP contribution in [0.3, 0.4) is 0 Å². The van der Waals surface area contributed by atoms with Gasteiger partial charge in [-0.05, 0) is 17.9 Å². The van der Waals surface area contributed by atoms with Gasteiger partial charge in [-0.3, -0.25) is 4.79 Å². The molecule has 0 fully saturated rings. The monoisotopic (exact) mass is 242 g/mol. The number of nitrogens with one attached hydrogen (secondary N) is 1. The average molecular weight is 242 g/mol. The number of hydrogen-bond donors (Lipinski definition) is 2. The van der Waals surface area contributed by atoms with Crippen LogP contribution >= 0.6 is 11.3 Å². The highest BCUT2D eigenvalue weighted by molar-refractivity contribution is 7.12. The summed E-state index contributed by atoms with van der Waals surface area (Å²) in [6, 6.07) is 1.09. The van der Waals surface area contributed by atoms with Gasteiger partial charge in [-0.2, -0.15) is 0 Å². The van der Waals surface area contributed by atoms with Gasteiger partial charge in [0.1, 0.15) is 4.88 Å². The van der Waals surface area contributed by atoms with Crippen LogP contribution in [0.2, 0.25) is 0 Å². The van der Waals surface area contributed by atoms with Crippen LogP contribution < -0.4 is 11.1 Å². The van der Waals surface area contributed by atoms with E-state index in [0.29, 0.717) is 17.0 Å². The van der Waals surface area contributed by atoms with Gasteiger partial charge in [0, 0.05) is 0 Å². The van der Waals surface area contributed by atoms with Gasteiger partial charge in [0.25, 0.3) is 0 Å². The van der Waals surface area contributed by atoms with Crippen LogP contribution in [0, 0.1) is 0 Å². The number of rotatable bonds is 4. The Morgan fingerprint density at radius 2 is 2.31 bits per heavy atom. The van der Waals surface area contributed by atoms with Gasteiger partial charge in [-0.25, -0.2) is 4.79 Å². The van der Waals surface area contributed by atoms with E-state index in [1.54, 1.807) is 11.4 Å². The van der Waals surface area contributed by atoms with Crippen LogP contribution in [0.4, 0.5) is 5.69 Å². The summed E-state index contributed by atoms with van der Waals surface area (Å²) >= 11 is 1.21. The zero-order valence-corrected chi connectivity index (χ0v) is 9.97. The molecule has 0 aliphatic carbocycles. The fourth-order valence-corrected chi connectivity index (χ4v) is 1.84. The summed E-state index contributed by atoms with van der Waals surface area (Å²) in [6.45, 7) is 1.82. The Balaban J connectivity index is 2.78. The molecule has 1 heterocycles. The van der Waals surface area contributed by atoms with Crippen molar-refractivity contribution in [2.24, 2.45) is 5.73 Å². The third-order valence-corrected chi connectivity index (χ3v) is 2.96. The molecule has 1 aromatic rings. The van der Waals surface area contributed by atoms with Crippen molar-refractivity contribution >= 4 is 28.9 Å². The van der Waals surface area contributed by atoms with Gasteiger partial charge >= 0.3 is 5.97 Å². The van der Waals surface area contributed by atoms with E-state index in [1.165, 1.54) is 18.4 Å². The van der Waals surface area contributed by atoms with Gasteiger partial charge in [-0.1, -0.05) is 6.92 Å². The molecule has 0 aromatic carbocycles. The summed E-state index contributed by atoms with van der Waals surface area (Å²) in [4.78, 5) is 23.2. The Hall–Kier alpha value is -1.40. The lowest BCUT2D eigenvalue weighted by atomic mass is 10.2. The molecular formula is C10H14N2O3S. The number of ether oxygens (including phenoxy) is 1. The Morgan fingerprint density at radius 3 is 2.88 bits per heavy atom. The van der Waals surface area contributed by atoms with Crippen LogP contribution in [0.5, 0.6) is 0 Å². The molecule has 0 aliphatic rings. The fraction of sp³-hybridized carbons (Fsp3) is 0.400. The summed E-state index contributed by atoms with van der Waals surface area (Å²) in [5.41, 5.74) is 6.02. The highest BCUT2D eigenvalue weighted by Crippen LogP contribution is 2.23. The minimum absolute atomic E-state index is 0.300. The van der Waals surface area contributed by atoms with Gasteiger partial charge in [0.2, 0.25) is 5.91 Å². The molecule has 16 heavy (non-hydrogen) atoms. The van der Waals surface area contributed by atoms with Crippen LogP contribution in [0.1, 0.15) is 23.0 Å². The Kier molecular flexibility index (Phi) is 4.45. The molecule has 0 aliphatic heterocycles. The smallest absolute Gasteiger partial charge is 0.350 e. The number of esters is 1. The van der Waals surface area contributed by atoms with E-state index in [1.807, 2.05) is 6.92 Å². The van der Waals surface area contributed by atoms with Gasteiger partial charge in [0.05, 0.1) is 18.8 Å². The highest BCUT2D eigenvalue weighted by Gasteiger charge is 2.17. The second-order valence-corrected chi connectivity index (χ2v) is 4.08. The normalized spacial score (nSPS) is 11.9. The third kappa shape index (κ3) is 2.80. The van der Waals surface area contributed by atoms with E-state index in [-0.39, 0.29) is 5.91 Å². The SMILES string of the molecule is CC[C@H](N)C(=O)Nc1ccsc1C(=O)OC. The van der Waals surface area contributed by atoms with Crippen LogP contribution in [-0.2, 0) is 9.53 Å². The molecule has 0 radical (unpaired) electrons. The first-order valence-corrected chi connectivity index (χ1v) is 5.70. The lowest BCUT2D eigenvalue weighted by Crippen LogP contribution is -2.35. The zero-order valence-electron chi connectivity index (χ0n) is 9.15. The maximum Gasteiger partial charge on any atom is 0.350 e. The van der Waals surface area contributed by atoms with E-state index in [4.69, 9.17) is 5.73 Å². The molecule has 0 saturated heterocycles. The Morgan fingerprint density at radius 1 is 1.62 bits per heavy atom. The second-order valence-electron chi connectivity index (χ2n) is 3.16. The largest absolute Gasteiger partial charge is 0.465 e. The standard InChI is InChI=1S/C10H14N2O3S/c1-3-6(11)9(13)12-7-4-5-16-8(7)10(14)15-2/h4-6H,3,11H2,1-2H3,(H,12,13)/t6-/m0/s1. The minimum Gasteiger partial charge on any atom is -0.465 e. The number of thiophene rings is 1. The van der Waals surface area contributed by atoms with Crippen LogP contribution in [0.15, 0.2) is 11.4 Å². The zero-order chi connectivity index (χ0) is 12.1. The predicted octanol–water partition coefficient (Wildman–Crippen LogP) is 1.21. The van der Waals surface area contributed by atoms with Crippen molar-refractivity contribution in [1.82, 2.24) is 0 Å². The summed E-state index contributed by atoms with van der Waals surface area (Å²) in [7, 11) is 1.30. The molecule has 1 rings (SSSR count). The molecule has 0 bridgehead atoms. The first-order chi connectivity index (χ1) is 7.60. The first kappa shape index (κ1) is 12.7. The molecule has 0 saturated carbocycles. The van der Waals surface area contributed by atoms with E-state index < -0.39 is 12.0 Å². The molecule has 88 valence electrons. The second kappa shape index (κ2) is 5.62. The molecule has 1 aromatic heterocycles. The van der Waals surface area contributed by atoms with Crippen molar-refractivity contribution in [2.75, 3.05) is 12.4 Å². The van der Waals surface area contributed by atoms with Crippen molar-refractivity contribution in [3.8, 4) is 0 Å². The van der Waals surface area contributed by atoms with Crippen molar-refractivity contribution in [2.45, 2.75) is 19.4 Å². The maximum atomic E-state index is 11.5. The number of amides is 1. The number of carbonyl (C=O) groups excluding carboxylic acids is 2. The van der Waals surface area contributed by atoms with Gasteiger partial charge in [-0.15, -0.1) is 11.3 Å². The molecule has 1 amide bonds. The maximum absolute atomic E-state index is 11.5. The summed E-state index contributed by atoms with van der Waals surface area (Å²) in [6.07, 6.45) is 0.545. The number of nitrogens with two attached hydrogens (primary N) is 1. The minimum atomic E-state index is -0.564. The Bertz CT molecular complexity index is 389. The fourth-order valence-electron chi connectivity index (χ4n) is 1.07. The molecule has 1 atom stereocenters. The summed E-state index contributed by atoms with van der Waals surface area (Å²) in [5.74, 6) is -0.763. The number of anilines is 1. The number of carbonyl (C=O) groups is 2. The van der Waals surface area contributed by atoms with Crippen molar-refractivity contribution < 1.29 is 14.3 Å². The van der Waals surface area contributed by atoms with E-state index >= 15 is 0 Å². The lowest BCUT2D eigenvalue weighted by molar-refractivity contribution is -0.117. The van der Waals surface area contributed by atoms with Crippen molar-refractivity contribution in [3.63, 3.8) is 0 Å². The van der Waals surface area contributed by atoms with E-state index in [9.17, 15) is 9.59 Å². The van der Waals surface area contributed by atoms with Gasteiger partial charge < -0.3 is 15.8 Å². The molecular weight excluding hydrogens is 228 g/mol. The lowest BCUT2D eigenvalue weighted by Gasteiger charge is -2.09. The molecule has 0 spiro atoms. The highest BCUT2D eigenvalue weighted by atomic mass is 32.1.